The summed E-state index contributed by atoms with van der Waals surface area (Å²) in [7, 11) is 0. The molecule has 2 aromatic rings. The maximum absolute atomic E-state index is 14.1. The smallest absolute Gasteiger partial charge is 0.417 e. The van der Waals surface area contributed by atoms with Gasteiger partial charge in [0.15, 0.2) is 11.6 Å². The third kappa shape index (κ3) is 7.71. The van der Waals surface area contributed by atoms with Gasteiger partial charge in [-0.15, -0.1) is 0 Å². The average molecular weight is 647 g/mol. The molecule has 10 nitrogen and oxygen atoms in total. The molecular weight excluding hydrogens is 610 g/mol. The van der Waals surface area contributed by atoms with Crippen LogP contribution in [0.5, 0.6) is 0 Å². The van der Waals surface area contributed by atoms with Crippen LogP contribution in [-0.4, -0.2) is 83.9 Å². The molecule has 2 aliphatic rings. The molecule has 2 amide bonds. The number of aliphatic hydroxyl groups is 2. The largest absolute Gasteiger partial charge is 0.439 e. The van der Waals surface area contributed by atoms with Crippen molar-refractivity contribution < 1.29 is 43.5 Å². The molecule has 2 aromatic carbocycles. The van der Waals surface area contributed by atoms with Crippen molar-refractivity contribution in [3.63, 3.8) is 0 Å². The van der Waals surface area contributed by atoms with E-state index in [1.807, 2.05) is 60.7 Å². The second-order valence-corrected chi connectivity index (χ2v) is 11.1. The topological polar surface area (TPSA) is 132 Å². The molecule has 0 unspecified atom stereocenters. The number of carbonyl (C=O) groups excluding carboxylic acids is 3. The molecule has 4 rings (SSSR count). The maximum atomic E-state index is 14.1. The zero-order chi connectivity index (χ0) is 30.1. The number of benzene rings is 2. The molecule has 2 N–H and O–H groups in total. The number of hydrogen-bond acceptors (Lipinski definition) is 9. The van der Waals surface area contributed by atoms with E-state index in [-0.39, 0.29) is 37.1 Å². The van der Waals surface area contributed by atoms with Crippen molar-refractivity contribution >= 4 is 33.7 Å². The van der Waals surface area contributed by atoms with Crippen LogP contribution in [0.15, 0.2) is 71.2 Å². The van der Waals surface area contributed by atoms with E-state index < -0.39 is 47.7 Å². The number of ketones is 1. The van der Waals surface area contributed by atoms with Crippen molar-refractivity contribution in [2.45, 2.75) is 50.2 Å². The number of aliphatic hydroxyl groups excluding tert-OH is 1. The summed E-state index contributed by atoms with van der Waals surface area (Å²) in [6.45, 7) is 2.83. The fourth-order valence-corrected chi connectivity index (χ4v) is 5.64. The quantitative estimate of drug-likeness (QED) is 0.295. The van der Waals surface area contributed by atoms with Gasteiger partial charge in [-0.05, 0) is 52.9 Å². The van der Waals surface area contributed by atoms with Crippen LogP contribution in [-0.2, 0) is 35.0 Å². The lowest BCUT2D eigenvalue weighted by Crippen LogP contribution is -2.53. The molecule has 1 fully saturated rings. The van der Waals surface area contributed by atoms with Crippen LogP contribution in [0.4, 0.5) is 4.79 Å². The highest BCUT2D eigenvalue weighted by Crippen LogP contribution is 2.39. The van der Waals surface area contributed by atoms with E-state index >= 15 is 0 Å². The molecule has 0 saturated carbocycles. The van der Waals surface area contributed by atoms with Crippen molar-refractivity contribution in [3.05, 3.63) is 82.3 Å². The zero-order valence-corrected chi connectivity index (χ0v) is 25.0. The van der Waals surface area contributed by atoms with E-state index in [4.69, 9.17) is 24.1 Å². The molecule has 0 bridgehead atoms. The lowest BCUT2D eigenvalue weighted by molar-refractivity contribution is -0.218. The standard InChI is InChI=1S/C31H36BrNO9/c1-21-27(23-11-6-3-7-12-23)41-30(37)33(21)29(36)24(19-22-9-4-2-5-10-22)28-25(35)20-26(32)31(38,42-28)13-8-15-39-17-18-40-16-14-34/h2-7,9-12,20-21,24,27-28,34,38H,8,13-19H2,1H3/t21-,24-,27-,28-,31+/m0/s1. The van der Waals surface area contributed by atoms with Crippen LogP contribution in [0, 0.1) is 5.92 Å². The van der Waals surface area contributed by atoms with Gasteiger partial charge in [0.25, 0.3) is 0 Å². The second-order valence-electron chi connectivity index (χ2n) is 10.2. The Kier molecular flexibility index (Phi) is 11.4. The van der Waals surface area contributed by atoms with Gasteiger partial charge in [0.1, 0.15) is 12.2 Å². The van der Waals surface area contributed by atoms with Crippen LogP contribution in [0.3, 0.4) is 0 Å². The highest BCUT2D eigenvalue weighted by atomic mass is 79.9. The number of ether oxygens (including phenoxy) is 4. The summed E-state index contributed by atoms with van der Waals surface area (Å²) in [4.78, 5) is 41.5. The van der Waals surface area contributed by atoms with Gasteiger partial charge in [-0.3, -0.25) is 9.59 Å². The number of halogens is 1. The monoisotopic (exact) mass is 645 g/mol. The van der Waals surface area contributed by atoms with Crippen LogP contribution in [0.1, 0.15) is 37.0 Å². The lowest BCUT2D eigenvalue weighted by Gasteiger charge is -2.38. The molecule has 42 heavy (non-hydrogen) atoms. The van der Waals surface area contributed by atoms with Crippen LogP contribution < -0.4 is 0 Å². The molecule has 0 radical (unpaired) electrons. The SMILES string of the molecule is C[C@H]1[C@@H](c2ccccc2)OC(=O)N1C(=O)[C@@H](Cc1ccccc1)[C@@H]1O[C@](O)(CCCOCCOCCO)C(Br)=CC1=O. The Morgan fingerprint density at radius 1 is 1.02 bits per heavy atom. The number of amides is 2. The van der Waals surface area contributed by atoms with Gasteiger partial charge in [0, 0.05) is 13.0 Å². The summed E-state index contributed by atoms with van der Waals surface area (Å²) >= 11 is 3.27. The van der Waals surface area contributed by atoms with Crippen molar-refractivity contribution in [3.8, 4) is 0 Å². The molecule has 2 aliphatic heterocycles. The summed E-state index contributed by atoms with van der Waals surface area (Å²) in [5.74, 6) is -4.12. The van der Waals surface area contributed by atoms with Gasteiger partial charge in [-0.1, -0.05) is 60.7 Å². The number of hydrogen-bond donors (Lipinski definition) is 2. The van der Waals surface area contributed by atoms with E-state index in [2.05, 4.69) is 15.9 Å². The number of rotatable bonds is 14. The molecule has 226 valence electrons. The molecule has 11 heteroatoms. The first kappa shape index (κ1) is 32.0. The molecular formula is C31H36BrNO9. The van der Waals surface area contributed by atoms with Crippen molar-refractivity contribution in [2.75, 3.05) is 33.0 Å². The van der Waals surface area contributed by atoms with Crippen molar-refractivity contribution in [1.82, 2.24) is 4.90 Å². The van der Waals surface area contributed by atoms with Gasteiger partial charge < -0.3 is 29.2 Å². The van der Waals surface area contributed by atoms with Gasteiger partial charge >= 0.3 is 6.09 Å². The zero-order valence-electron chi connectivity index (χ0n) is 23.4. The summed E-state index contributed by atoms with van der Waals surface area (Å²) in [5.41, 5.74) is 1.52. The van der Waals surface area contributed by atoms with E-state index in [0.29, 0.717) is 19.6 Å². The minimum absolute atomic E-state index is 0.0656. The first-order valence-electron chi connectivity index (χ1n) is 14.0. The van der Waals surface area contributed by atoms with E-state index in [0.717, 1.165) is 16.0 Å². The van der Waals surface area contributed by atoms with Gasteiger partial charge in [0.2, 0.25) is 5.91 Å². The number of nitrogens with zero attached hydrogens (tertiary/aromatic N) is 1. The van der Waals surface area contributed by atoms with Crippen LogP contribution >= 0.6 is 15.9 Å². The Bertz CT molecular complexity index is 1240. The number of cyclic esters (lactones) is 1. The molecule has 1 saturated heterocycles. The Hall–Kier alpha value is -2.93. The van der Waals surface area contributed by atoms with Crippen LogP contribution in [0.25, 0.3) is 0 Å². The molecule has 0 aliphatic carbocycles. The van der Waals surface area contributed by atoms with Crippen LogP contribution in [0.2, 0.25) is 0 Å². The Labute approximate surface area is 253 Å². The fourth-order valence-electron chi connectivity index (χ4n) is 5.12. The second kappa shape index (κ2) is 15.0. The molecule has 2 heterocycles. The molecule has 5 atom stereocenters. The average Bonchev–Trinajstić information content (AvgIpc) is 3.29. The summed E-state index contributed by atoms with van der Waals surface area (Å²) in [5, 5.41) is 20.2. The normalized spacial score (nSPS) is 24.8. The summed E-state index contributed by atoms with van der Waals surface area (Å²) in [6, 6.07) is 17.6. The predicted molar refractivity (Wildman–Crippen MR) is 155 cm³/mol. The summed E-state index contributed by atoms with van der Waals surface area (Å²) < 4.78 is 22.5. The first-order chi connectivity index (χ1) is 20.2. The Balaban J connectivity index is 1.52. The highest BCUT2D eigenvalue weighted by molar-refractivity contribution is 9.11. The van der Waals surface area contributed by atoms with Crippen molar-refractivity contribution in [1.29, 1.82) is 0 Å². The predicted octanol–water partition coefficient (Wildman–Crippen LogP) is 3.69. The molecule has 0 spiro atoms. The number of imide groups is 1. The van der Waals surface area contributed by atoms with E-state index in [9.17, 15) is 19.5 Å². The minimum atomic E-state index is -1.88. The number of carbonyl (C=O) groups is 3. The summed E-state index contributed by atoms with van der Waals surface area (Å²) in [6.07, 6.45) is -1.02. The molecule has 0 aromatic heterocycles. The lowest BCUT2D eigenvalue weighted by atomic mass is 9.87. The highest BCUT2D eigenvalue weighted by Gasteiger charge is 2.51. The van der Waals surface area contributed by atoms with E-state index in [1.165, 1.54) is 6.08 Å². The first-order valence-corrected chi connectivity index (χ1v) is 14.7. The van der Waals surface area contributed by atoms with Crippen molar-refractivity contribution in [2.24, 2.45) is 5.92 Å². The Morgan fingerprint density at radius 2 is 1.67 bits per heavy atom. The third-order valence-corrected chi connectivity index (χ3v) is 8.12. The maximum Gasteiger partial charge on any atom is 0.417 e. The van der Waals surface area contributed by atoms with E-state index in [1.54, 1.807) is 6.92 Å². The Morgan fingerprint density at radius 3 is 2.33 bits per heavy atom. The van der Waals surface area contributed by atoms with Gasteiger partial charge in [0.05, 0.1) is 42.9 Å². The van der Waals surface area contributed by atoms with Gasteiger partial charge in [-0.2, -0.15) is 0 Å². The third-order valence-electron chi connectivity index (χ3n) is 7.27. The van der Waals surface area contributed by atoms with Gasteiger partial charge in [-0.25, -0.2) is 9.69 Å². The minimum Gasteiger partial charge on any atom is -0.439 e. The fraction of sp³-hybridized carbons (Fsp3) is 0.452.